The number of fused-ring (bicyclic) bond motifs is 2. The number of likely N-dealkylation sites (tertiary alicyclic amines) is 1. The Labute approximate surface area is 244 Å². The van der Waals surface area contributed by atoms with Gasteiger partial charge in [0, 0.05) is 35.8 Å². The van der Waals surface area contributed by atoms with Gasteiger partial charge >= 0.3 is 24.3 Å². The van der Waals surface area contributed by atoms with E-state index in [4.69, 9.17) is 21.5 Å². The molecule has 9 nitrogen and oxygen atoms in total. The van der Waals surface area contributed by atoms with Gasteiger partial charge in [-0.1, -0.05) is 17.7 Å². The van der Waals surface area contributed by atoms with Crippen LogP contribution in [0.5, 0.6) is 0 Å². The standard InChI is InChI=1S/C24H25ClF4N4O3.C2HF3O2/c25-17-2-1-13(19(26)7-17)10-33-20-11-32(4-3-18(20)22(30-33)24(27,28)29)21(34)12-31-8-15-5-14(23(35)36)6-16(15)9-31;3-2(4,5)1(6)7/h1-2,7,14-16H,3-6,8-12H2,(H,35,36);(H,6,7). The van der Waals surface area contributed by atoms with Crippen LogP contribution in [-0.4, -0.2) is 80.0 Å². The summed E-state index contributed by atoms with van der Waals surface area (Å²) >= 11 is 5.79. The molecule has 2 fully saturated rings. The lowest BCUT2D eigenvalue weighted by Gasteiger charge is -2.30. The second-order valence-electron chi connectivity index (χ2n) is 10.8. The summed E-state index contributed by atoms with van der Waals surface area (Å²) in [7, 11) is 0. The van der Waals surface area contributed by atoms with Crippen LogP contribution in [0.2, 0.25) is 5.02 Å². The van der Waals surface area contributed by atoms with Gasteiger partial charge < -0.3 is 15.1 Å². The fourth-order valence-corrected chi connectivity index (χ4v) is 6.04. The van der Waals surface area contributed by atoms with Crippen LogP contribution in [0.3, 0.4) is 0 Å². The van der Waals surface area contributed by atoms with E-state index in [-0.39, 0.29) is 78.1 Å². The predicted octanol–water partition coefficient (Wildman–Crippen LogP) is 4.30. The fraction of sp³-hybridized carbons (Fsp3) is 0.538. The third kappa shape index (κ3) is 7.58. The van der Waals surface area contributed by atoms with Crippen molar-refractivity contribution in [3.63, 3.8) is 0 Å². The molecule has 1 aromatic heterocycles. The van der Waals surface area contributed by atoms with Gasteiger partial charge in [-0.15, -0.1) is 0 Å². The largest absolute Gasteiger partial charge is 0.490 e. The highest BCUT2D eigenvalue weighted by Crippen LogP contribution is 2.41. The van der Waals surface area contributed by atoms with Crippen molar-refractivity contribution in [3.05, 3.63) is 51.6 Å². The molecule has 5 rings (SSSR count). The molecule has 43 heavy (non-hydrogen) atoms. The van der Waals surface area contributed by atoms with E-state index in [2.05, 4.69) is 5.10 Å². The number of halogens is 8. The fourth-order valence-electron chi connectivity index (χ4n) is 5.88. The minimum absolute atomic E-state index is 0.00452. The monoisotopic (exact) mass is 642 g/mol. The first-order chi connectivity index (χ1) is 19.9. The Bertz CT molecular complexity index is 1380. The zero-order chi connectivity index (χ0) is 31.9. The summed E-state index contributed by atoms with van der Waals surface area (Å²) in [5.41, 5.74) is -0.570. The molecule has 2 atom stereocenters. The maximum absolute atomic E-state index is 14.4. The summed E-state index contributed by atoms with van der Waals surface area (Å²) in [5.74, 6) is -4.21. The number of aromatic nitrogens is 2. The number of alkyl halides is 6. The topological polar surface area (TPSA) is 116 Å². The number of amides is 1. The van der Waals surface area contributed by atoms with Gasteiger partial charge in [-0.05, 0) is 43.2 Å². The van der Waals surface area contributed by atoms with Crippen molar-refractivity contribution < 1.29 is 55.3 Å². The average Bonchev–Trinajstić information content (AvgIpc) is 3.57. The van der Waals surface area contributed by atoms with E-state index in [1.165, 1.54) is 17.0 Å². The van der Waals surface area contributed by atoms with Crippen LogP contribution in [0.1, 0.15) is 35.4 Å². The van der Waals surface area contributed by atoms with E-state index in [0.29, 0.717) is 25.9 Å². The lowest BCUT2D eigenvalue weighted by Crippen LogP contribution is -2.43. The minimum atomic E-state index is -5.08. The van der Waals surface area contributed by atoms with Crippen molar-refractivity contribution in [2.24, 2.45) is 17.8 Å². The molecule has 0 bridgehead atoms. The van der Waals surface area contributed by atoms with Gasteiger partial charge in [0.1, 0.15) is 5.82 Å². The maximum atomic E-state index is 14.4. The normalized spacial score (nSPS) is 22.0. The van der Waals surface area contributed by atoms with E-state index >= 15 is 0 Å². The van der Waals surface area contributed by atoms with Crippen LogP contribution in [0.15, 0.2) is 18.2 Å². The van der Waals surface area contributed by atoms with Crippen molar-refractivity contribution >= 4 is 29.4 Å². The highest BCUT2D eigenvalue weighted by Gasteiger charge is 2.45. The number of aliphatic carboxylic acids is 2. The summed E-state index contributed by atoms with van der Waals surface area (Å²) in [6, 6.07) is 3.96. The quantitative estimate of drug-likeness (QED) is 0.468. The molecule has 1 amide bonds. The maximum Gasteiger partial charge on any atom is 0.490 e. The lowest BCUT2D eigenvalue weighted by molar-refractivity contribution is -0.192. The average molecular weight is 643 g/mol. The second-order valence-corrected chi connectivity index (χ2v) is 11.2. The third-order valence-electron chi connectivity index (χ3n) is 7.87. The second kappa shape index (κ2) is 12.3. The highest BCUT2D eigenvalue weighted by molar-refractivity contribution is 6.30. The number of hydrogen-bond acceptors (Lipinski definition) is 5. The molecule has 2 aliphatic heterocycles. The number of carbonyl (C=O) groups is 3. The number of benzene rings is 1. The Morgan fingerprint density at radius 1 is 1.02 bits per heavy atom. The number of carboxylic acids is 2. The molecular weight excluding hydrogens is 617 g/mol. The van der Waals surface area contributed by atoms with E-state index in [1.54, 1.807) is 0 Å². The van der Waals surface area contributed by atoms with Gasteiger partial charge in [0.2, 0.25) is 5.91 Å². The Morgan fingerprint density at radius 3 is 2.14 bits per heavy atom. The molecule has 1 aromatic carbocycles. The van der Waals surface area contributed by atoms with Crippen LogP contribution in [0.25, 0.3) is 0 Å². The molecule has 3 aliphatic rings. The van der Waals surface area contributed by atoms with E-state index < -0.39 is 35.8 Å². The zero-order valence-corrected chi connectivity index (χ0v) is 23.0. The number of rotatable bonds is 5. The van der Waals surface area contributed by atoms with Gasteiger partial charge in [-0.3, -0.25) is 19.2 Å². The third-order valence-corrected chi connectivity index (χ3v) is 8.11. The molecule has 0 radical (unpaired) electrons. The molecular formula is C26H26ClF7N4O5. The van der Waals surface area contributed by atoms with E-state index in [1.807, 2.05) is 4.90 Å². The Balaban J connectivity index is 0.000000541. The van der Waals surface area contributed by atoms with Crippen LogP contribution in [0, 0.1) is 23.6 Å². The SMILES string of the molecule is O=C(O)C(F)(F)F.O=C(O)C1CC2CN(CC(=O)N3CCc4c(C(F)(F)F)nn(Cc5ccc(Cl)cc5F)c4C3)CC2C1. The lowest BCUT2D eigenvalue weighted by atomic mass is 10.0. The molecule has 1 saturated heterocycles. The number of nitrogens with zero attached hydrogens (tertiary/aromatic N) is 4. The molecule has 236 valence electrons. The Kier molecular flexibility index (Phi) is 9.30. The highest BCUT2D eigenvalue weighted by atomic mass is 35.5. The van der Waals surface area contributed by atoms with Crippen LogP contribution < -0.4 is 0 Å². The van der Waals surface area contributed by atoms with Crippen molar-refractivity contribution in [2.45, 2.75) is 44.7 Å². The van der Waals surface area contributed by atoms with Gasteiger partial charge in [0.25, 0.3) is 0 Å². The van der Waals surface area contributed by atoms with Crippen molar-refractivity contribution in [1.82, 2.24) is 19.6 Å². The van der Waals surface area contributed by atoms with Crippen LogP contribution in [0.4, 0.5) is 30.7 Å². The Morgan fingerprint density at radius 2 is 1.63 bits per heavy atom. The van der Waals surface area contributed by atoms with E-state index in [9.17, 15) is 45.4 Å². The van der Waals surface area contributed by atoms with Crippen molar-refractivity contribution in [3.8, 4) is 0 Å². The first-order valence-electron chi connectivity index (χ1n) is 13.1. The van der Waals surface area contributed by atoms with E-state index in [0.717, 1.165) is 10.7 Å². The molecule has 1 aliphatic carbocycles. The zero-order valence-electron chi connectivity index (χ0n) is 22.3. The molecule has 17 heteroatoms. The minimum Gasteiger partial charge on any atom is -0.481 e. The molecule has 1 saturated carbocycles. The van der Waals surface area contributed by atoms with Gasteiger partial charge in [0.15, 0.2) is 5.69 Å². The number of carboxylic acid groups (broad SMARTS) is 2. The number of hydrogen-bond donors (Lipinski definition) is 2. The number of carbonyl (C=O) groups excluding carboxylic acids is 1. The summed E-state index contributed by atoms with van der Waals surface area (Å²) < 4.78 is 88.3. The molecule has 2 unspecified atom stereocenters. The summed E-state index contributed by atoms with van der Waals surface area (Å²) in [6.45, 7) is 1.29. The molecule has 3 heterocycles. The van der Waals surface area contributed by atoms with Gasteiger partial charge in [-0.2, -0.15) is 31.4 Å². The Hall–Kier alpha value is -3.40. The summed E-state index contributed by atoms with van der Waals surface area (Å²) in [4.78, 5) is 36.8. The van der Waals surface area contributed by atoms with Gasteiger partial charge in [-0.25, -0.2) is 9.18 Å². The smallest absolute Gasteiger partial charge is 0.481 e. The van der Waals surface area contributed by atoms with Crippen molar-refractivity contribution in [1.29, 1.82) is 0 Å². The van der Waals surface area contributed by atoms with Crippen LogP contribution >= 0.6 is 11.6 Å². The van der Waals surface area contributed by atoms with Crippen LogP contribution in [-0.2, 0) is 40.1 Å². The summed E-state index contributed by atoms with van der Waals surface area (Å²) in [6.07, 6.45) is -8.53. The molecule has 2 aromatic rings. The summed E-state index contributed by atoms with van der Waals surface area (Å²) in [5, 5.41) is 20.3. The molecule has 0 spiro atoms. The predicted molar refractivity (Wildman–Crippen MR) is 134 cm³/mol. The first-order valence-corrected chi connectivity index (χ1v) is 13.4. The van der Waals surface area contributed by atoms with Crippen molar-refractivity contribution in [2.75, 3.05) is 26.2 Å². The van der Waals surface area contributed by atoms with Gasteiger partial charge in [0.05, 0.1) is 31.2 Å². The molecule has 2 N–H and O–H groups in total. The first kappa shape index (κ1) is 32.5.